The van der Waals surface area contributed by atoms with E-state index in [0.29, 0.717) is 0 Å². The van der Waals surface area contributed by atoms with E-state index in [0.717, 1.165) is 6.42 Å². The number of rotatable bonds is 2. The first-order valence-corrected chi connectivity index (χ1v) is 11.3. The Bertz CT molecular complexity index is 1440. The summed E-state index contributed by atoms with van der Waals surface area (Å²) in [4.78, 5) is 0. The van der Waals surface area contributed by atoms with Crippen molar-refractivity contribution in [3.05, 3.63) is 155 Å². The van der Waals surface area contributed by atoms with Crippen LogP contribution in [-0.2, 0) is 11.8 Å². The van der Waals surface area contributed by atoms with E-state index in [1.807, 2.05) is 0 Å². The molecule has 0 N–H and O–H groups in total. The molecule has 0 nitrogen and oxygen atoms in total. The van der Waals surface area contributed by atoms with Crippen molar-refractivity contribution in [3.63, 3.8) is 0 Å². The average Bonchev–Trinajstić information content (AvgIpc) is 3.37. The minimum Gasteiger partial charge on any atom is -0.0622 e. The van der Waals surface area contributed by atoms with Crippen LogP contribution in [-0.4, -0.2) is 0 Å². The summed E-state index contributed by atoms with van der Waals surface area (Å²) in [7, 11) is 0. The van der Waals surface area contributed by atoms with E-state index < -0.39 is 0 Å². The zero-order chi connectivity index (χ0) is 21.1. The van der Waals surface area contributed by atoms with Crippen LogP contribution in [0.3, 0.4) is 0 Å². The largest absolute Gasteiger partial charge is 0.0713 e. The van der Waals surface area contributed by atoms with E-state index in [2.05, 4.69) is 121 Å². The molecule has 0 heteroatoms. The van der Waals surface area contributed by atoms with Crippen molar-refractivity contribution in [2.24, 2.45) is 0 Å². The van der Waals surface area contributed by atoms with Gasteiger partial charge in [-0.15, -0.1) is 0 Å². The Morgan fingerprint density at radius 2 is 1.00 bits per heavy atom. The van der Waals surface area contributed by atoms with Crippen molar-refractivity contribution in [2.45, 2.75) is 11.8 Å². The highest BCUT2D eigenvalue weighted by atomic mass is 14.5. The van der Waals surface area contributed by atoms with Crippen molar-refractivity contribution in [3.8, 4) is 22.3 Å². The lowest BCUT2D eigenvalue weighted by molar-refractivity contribution is 0.768. The van der Waals surface area contributed by atoms with Gasteiger partial charge >= 0.3 is 0 Å². The van der Waals surface area contributed by atoms with Crippen molar-refractivity contribution in [1.82, 2.24) is 0 Å². The molecular weight excluding hydrogens is 384 g/mol. The third kappa shape index (κ3) is 2.22. The predicted molar refractivity (Wildman–Crippen MR) is 132 cm³/mol. The van der Waals surface area contributed by atoms with Crippen LogP contribution in [0.2, 0.25) is 0 Å². The molecule has 0 spiro atoms. The molecule has 0 heterocycles. The van der Waals surface area contributed by atoms with Crippen LogP contribution < -0.4 is 0 Å². The molecule has 150 valence electrons. The first-order valence-electron chi connectivity index (χ1n) is 11.3. The number of benzene rings is 5. The van der Waals surface area contributed by atoms with Gasteiger partial charge in [-0.3, -0.25) is 0 Å². The summed E-state index contributed by atoms with van der Waals surface area (Å²) in [6, 6.07) is 44.9. The standard InChI is InChI=1S/C32H22/c1-3-12-24(13-4-1)32(25-14-5-2-6-15-25)30-18-10-9-17-27(30)29-20-23-19-22-11-7-8-16-26(22)28(23)21-31(29)32/h1-18,20-21H,19H2. The minimum absolute atomic E-state index is 0.318. The fourth-order valence-corrected chi connectivity index (χ4v) is 6.07. The highest BCUT2D eigenvalue weighted by Gasteiger charge is 2.46. The van der Waals surface area contributed by atoms with Crippen LogP contribution in [0, 0.1) is 0 Å². The summed E-state index contributed by atoms with van der Waals surface area (Å²) in [5.74, 6) is 0. The molecule has 32 heavy (non-hydrogen) atoms. The van der Waals surface area contributed by atoms with Gasteiger partial charge in [0.2, 0.25) is 0 Å². The van der Waals surface area contributed by atoms with Gasteiger partial charge in [-0.25, -0.2) is 0 Å². The van der Waals surface area contributed by atoms with Gasteiger partial charge in [-0.05, 0) is 74.2 Å². The fourth-order valence-electron chi connectivity index (χ4n) is 6.07. The van der Waals surface area contributed by atoms with Gasteiger partial charge in [0.05, 0.1) is 5.41 Å². The van der Waals surface area contributed by atoms with Gasteiger partial charge in [0.1, 0.15) is 0 Å². The maximum Gasteiger partial charge on any atom is 0.0713 e. The van der Waals surface area contributed by atoms with Crippen molar-refractivity contribution < 1.29 is 0 Å². The van der Waals surface area contributed by atoms with Crippen LogP contribution in [0.15, 0.2) is 121 Å². The molecule has 7 rings (SSSR count). The maximum atomic E-state index is 2.50. The first-order chi connectivity index (χ1) is 15.9. The highest BCUT2D eigenvalue weighted by molar-refractivity contribution is 5.91. The lowest BCUT2D eigenvalue weighted by Gasteiger charge is -2.34. The molecule has 0 fully saturated rings. The second-order valence-corrected chi connectivity index (χ2v) is 8.92. The Morgan fingerprint density at radius 3 is 1.72 bits per heavy atom. The Balaban J connectivity index is 1.64. The highest BCUT2D eigenvalue weighted by Crippen LogP contribution is 2.57. The Labute approximate surface area is 188 Å². The minimum atomic E-state index is -0.318. The monoisotopic (exact) mass is 406 g/mol. The lowest BCUT2D eigenvalue weighted by atomic mass is 9.67. The van der Waals surface area contributed by atoms with E-state index >= 15 is 0 Å². The van der Waals surface area contributed by atoms with E-state index in [1.54, 1.807) is 0 Å². The van der Waals surface area contributed by atoms with Crippen LogP contribution in [0.4, 0.5) is 0 Å². The van der Waals surface area contributed by atoms with Gasteiger partial charge < -0.3 is 0 Å². The Kier molecular flexibility index (Phi) is 3.63. The molecule has 0 saturated carbocycles. The van der Waals surface area contributed by atoms with Crippen molar-refractivity contribution in [1.29, 1.82) is 0 Å². The van der Waals surface area contributed by atoms with Crippen molar-refractivity contribution >= 4 is 0 Å². The molecule has 5 aromatic carbocycles. The summed E-state index contributed by atoms with van der Waals surface area (Å²) in [6.07, 6.45) is 1.02. The van der Waals surface area contributed by atoms with Gasteiger partial charge in [0, 0.05) is 0 Å². The molecule has 0 aromatic heterocycles. The predicted octanol–water partition coefficient (Wildman–Crippen LogP) is 7.62. The molecule has 0 aliphatic heterocycles. The van der Waals surface area contributed by atoms with E-state index in [9.17, 15) is 0 Å². The van der Waals surface area contributed by atoms with Crippen molar-refractivity contribution in [2.75, 3.05) is 0 Å². The second kappa shape index (κ2) is 6.55. The molecule has 0 bridgehead atoms. The topological polar surface area (TPSA) is 0 Å². The van der Waals surface area contributed by atoms with E-state index in [4.69, 9.17) is 0 Å². The fraction of sp³-hybridized carbons (Fsp3) is 0.0625. The molecule has 5 aromatic rings. The van der Waals surface area contributed by atoms with Gasteiger partial charge in [-0.2, -0.15) is 0 Å². The summed E-state index contributed by atoms with van der Waals surface area (Å²) in [5, 5.41) is 0. The van der Waals surface area contributed by atoms with Crippen LogP contribution >= 0.6 is 0 Å². The number of hydrogen-bond acceptors (Lipinski definition) is 0. The third-order valence-electron chi connectivity index (χ3n) is 7.37. The van der Waals surface area contributed by atoms with E-state index in [-0.39, 0.29) is 5.41 Å². The van der Waals surface area contributed by atoms with Crippen LogP contribution in [0.25, 0.3) is 22.3 Å². The summed E-state index contributed by atoms with van der Waals surface area (Å²) in [5.41, 5.74) is 13.5. The zero-order valence-electron chi connectivity index (χ0n) is 17.8. The summed E-state index contributed by atoms with van der Waals surface area (Å²) < 4.78 is 0. The third-order valence-corrected chi connectivity index (χ3v) is 7.37. The molecular formula is C32H22. The number of hydrogen-bond donors (Lipinski definition) is 0. The molecule has 0 saturated heterocycles. The molecule has 2 aliphatic rings. The summed E-state index contributed by atoms with van der Waals surface area (Å²) >= 11 is 0. The Hall–Kier alpha value is -3.90. The average molecular weight is 407 g/mol. The smallest absolute Gasteiger partial charge is 0.0622 e. The molecule has 0 amide bonds. The maximum absolute atomic E-state index is 2.50. The first kappa shape index (κ1) is 17.7. The van der Waals surface area contributed by atoms with Gasteiger partial charge in [-0.1, -0.05) is 109 Å². The quantitative estimate of drug-likeness (QED) is 0.277. The molecule has 2 aliphatic carbocycles. The molecule has 0 unspecified atom stereocenters. The van der Waals surface area contributed by atoms with Gasteiger partial charge in [0.15, 0.2) is 0 Å². The van der Waals surface area contributed by atoms with Gasteiger partial charge in [0.25, 0.3) is 0 Å². The van der Waals surface area contributed by atoms with E-state index in [1.165, 1.54) is 55.6 Å². The molecule has 0 atom stereocenters. The van der Waals surface area contributed by atoms with Crippen LogP contribution in [0.5, 0.6) is 0 Å². The number of fused-ring (bicyclic) bond motifs is 6. The second-order valence-electron chi connectivity index (χ2n) is 8.92. The summed E-state index contributed by atoms with van der Waals surface area (Å²) in [6.45, 7) is 0. The van der Waals surface area contributed by atoms with Crippen LogP contribution in [0.1, 0.15) is 33.4 Å². The molecule has 0 radical (unpaired) electrons. The normalized spacial score (nSPS) is 14.4. The SMILES string of the molecule is c1ccc(C2(c3ccccc3)c3ccccc3-c3cc4c(cc32)-c2ccccc2C4)cc1. The lowest BCUT2D eigenvalue weighted by Crippen LogP contribution is -2.28. The Morgan fingerprint density at radius 1 is 0.406 bits per heavy atom. The zero-order valence-corrected chi connectivity index (χ0v) is 17.8.